The molecule has 0 aliphatic carbocycles. The Balaban J connectivity index is 1.61. The maximum Gasteiger partial charge on any atom is 0.234 e. The van der Waals surface area contributed by atoms with Gasteiger partial charge in [0.25, 0.3) is 0 Å². The molecule has 0 unspecified atom stereocenters. The van der Waals surface area contributed by atoms with Gasteiger partial charge in [-0.15, -0.1) is 10.2 Å². The van der Waals surface area contributed by atoms with Crippen LogP contribution in [0.15, 0.2) is 53.7 Å². The van der Waals surface area contributed by atoms with Crippen molar-refractivity contribution in [1.29, 1.82) is 0 Å². The molecular formula is C20H22FN5OS. The Morgan fingerprint density at radius 3 is 2.54 bits per heavy atom. The van der Waals surface area contributed by atoms with Gasteiger partial charge in [-0.2, -0.15) is 0 Å². The molecule has 1 amide bonds. The lowest BCUT2D eigenvalue weighted by Crippen LogP contribution is -2.17. The van der Waals surface area contributed by atoms with Crippen molar-refractivity contribution in [2.75, 3.05) is 16.9 Å². The molecule has 6 nitrogen and oxygen atoms in total. The SMILES string of the molecule is CC(C)(C)c1ccc(NC(=O)CSc2nnc(-c3cccc(F)c3)n2N)cc1. The number of carbonyl (C=O) groups excluding carboxylic acids is 1. The number of halogens is 1. The summed E-state index contributed by atoms with van der Waals surface area (Å²) in [5, 5.41) is 11.2. The van der Waals surface area contributed by atoms with Crippen molar-refractivity contribution in [1.82, 2.24) is 14.9 Å². The van der Waals surface area contributed by atoms with E-state index >= 15 is 0 Å². The topological polar surface area (TPSA) is 85.8 Å². The van der Waals surface area contributed by atoms with Gasteiger partial charge in [-0.25, -0.2) is 9.07 Å². The second-order valence-corrected chi connectivity index (χ2v) is 8.29. The second-order valence-electron chi connectivity index (χ2n) is 7.35. The first-order valence-electron chi connectivity index (χ1n) is 8.73. The molecule has 28 heavy (non-hydrogen) atoms. The molecule has 0 atom stereocenters. The molecule has 0 radical (unpaired) electrons. The number of hydrogen-bond donors (Lipinski definition) is 2. The number of nitrogens with one attached hydrogen (secondary N) is 1. The molecule has 0 saturated carbocycles. The first-order valence-corrected chi connectivity index (χ1v) is 9.72. The lowest BCUT2D eigenvalue weighted by atomic mass is 9.87. The van der Waals surface area contributed by atoms with Crippen molar-refractivity contribution in [3.05, 3.63) is 59.9 Å². The number of benzene rings is 2. The van der Waals surface area contributed by atoms with Crippen molar-refractivity contribution in [3.63, 3.8) is 0 Å². The van der Waals surface area contributed by atoms with E-state index in [4.69, 9.17) is 5.84 Å². The van der Waals surface area contributed by atoms with Crippen LogP contribution in [0.2, 0.25) is 0 Å². The number of anilines is 1. The molecule has 0 fully saturated rings. The molecule has 0 spiro atoms. The van der Waals surface area contributed by atoms with E-state index in [-0.39, 0.29) is 22.9 Å². The molecule has 3 N–H and O–H groups in total. The van der Waals surface area contributed by atoms with E-state index in [0.717, 1.165) is 17.4 Å². The summed E-state index contributed by atoms with van der Waals surface area (Å²) in [5.41, 5.74) is 2.50. The van der Waals surface area contributed by atoms with Crippen LogP contribution in [0, 0.1) is 5.82 Å². The quantitative estimate of drug-likeness (QED) is 0.503. The van der Waals surface area contributed by atoms with E-state index in [1.165, 1.54) is 22.4 Å². The zero-order valence-electron chi connectivity index (χ0n) is 15.9. The van der Waals surface area contributed by atoms with Gasteiger partial charge in [0.05, 0.1) is 5.75 Å². The number of nitrogens with two attached hydrogens (primary N) is 1. The van der Waals surface area contributed by atoms with E-state index in [1.54, 1.807) is 12.1 Å². The fourth-order valence-electron chi connectivity index (χ4n) is 2.58. The van der Waals surface area contributed by atoms with E-state index in [2.05, 4.69) is 36.3 Å². The molecule has 1 aromatic heterocycles. The smallest absolute Gasteiger partial charge is 0.234 e. The average Bonchev–Trinajstić information content (AvgIpc) is 3.00. The van der Waals surface area contributed by atoms with Gasteiger partial charge in [0.2, 0.25) is 11.1 Å². The number of rotatable bonds is 5. The zero-order valence-corrected chi connectivity index (χ0v) is 16.8. The minimum Gasteiger partial charge on any atom is -0.335 e. The fourth-order valence-corrected chi connectivity index (χ4v) is 3.24. The summed E-state index contributed by atoms with van der Waals surface area (Å²) < 4.78 is 14.6. The lowest BCUT2D eigenvalue weighted by Gasteiger charge is -2.19. The number of nitrogen functional groups attached to an aromatic ring is 1. The third-order valence-electron chi connectivity index (χ3n) is 4.11. The molecule has 1 heterocycles. The summed E-state index contributed by atoms with van der Waals surface area (Å²) in [6.07, 6.45) is 0. The molecule has 0 saturated heterocycles. The minimum absolute atomic E-state index is 0.0585. The molecule has 146 valence electrons. The highest BCUT2D eigenvalue weighted by Crippen LogP contribution is 2.24. The standard InChI is InChI=1S/C20H22FN5OS/c1-20(2,3)14-7-9-16(10-8-14)23-17(27)12-28-19-25-24-18(26(19)22)13-5-4-6-15(21)11-13/h4-11H,12,22H2,1-3H3,(H,23,27). The van der Waals surface area contributed by atoms with E-state index in [9.17, 15) is 9.18 Å². The van der Waals surface area contributed by atoms with Crippen LogP contribution in [0.1, 0.15) is 26.3 Å². The van der Waals surface area contributed by atoms with Crippen molar-refractivity contribution >= 4 is 23.4 Å². The first-order chi connectivity index (χ1) is 13.2. The fraction of sp³-hybridized carbons (Fsp3) is 0.250. The Hall–Kier alpha value is -2.87. The van der Waals surface area contributed by atoms with Gasteiger partial charge in [0.15, 0.2) is 5.82 Å². The van der Waals surface area contributed by atoms with E-state index < -0.39 is 0 Å². The highest BCUT2D eigenvalue weighted by atomic mass is 32.2. The molecule has 0 aliphatic rings. The summed E-state index contributed by atoms with van der Waals surface area (Å²) in [6, 6.07) is 13.7. The third kappa shape index (κ3) is 4.69. The summed E-state index contributed by atoms with van der Waals surface area (Å²) in [4.78, 5) is 12.2. The molecule has 3 aromatic rings. The maximum atomic E-state index is 13.4. The summed E-state index contributed by atoms with van der Waals surface area (Å²) in [5.74, 6) is 5.90. The summed E-state index contributed by atoms with van der Waals surface area (Å²) in [6.45, 7) is 6.41. The number of nitrogens with zero attached hydrogens (tertiary/aromatic N) is 3. The van der Waals surface area contributed by atoms with Crippen LogP contribution in [0.25, 0.3) is 11.4 Å². The van der Waals surface area contributed by atoms with Crippen molar-refractivity contribution in [2.24, 2.45) is 0 Å². The predicted octanol–water partition coefficient (Wildman–Crippen LogP) is 3.83. The Bertz CT molecular complexity index is 979. The largest absolute Gasteiger partial charge is 0.335 e. The summed E-state index contributed by atoms with van der Waals surface area (Å²) in [7, 11) is 0. The van der Waals surface area contributed by atoms with E-state index in [1.807, 2.05) is 24.3 Å². The normalized spacial score (nSPS) is 11.4. The van der Waals surface area contributed by atoms with Crippen molar-refractivity contribution in [3.8, 4) is 11.4 Å². The Kier molecular flexibility index (Phi) is 5.69. The maximum absolute atomic E-state index is 13.4. The van der Waals surface area contributed by atoms with Gasteiger partial charge in [-0.1, -0.05) is 56.8 Å². The number of amides is 1. The van der Waals surface area contributed by atoms with Gasteiger partial charge < -0.3 is 11.2 Å². The van der Waals surface area contributed by atoms with Crippen LogP contribution >= 0.6 is 11.8 Å². The van der Waals surface area contributed by atoms with Gasteiger partial charge in [0.1, 0.15) is 5.82 Å². The number of carbonyl (C=O) groups is 1. The van der Waals surface area contributed by atoms with Gasteiger partial charge in [-0.05, 0) is 35.2 Å². The highest BCUT2D eigenvalue weighted by Gasteiger charge is 2.15. The monoisotopic (exact) mass is 399 g/mol. The zero-order chi connectivity index (χ0) is 20.3. The Morgan fingerprint density at radius 1 is 1.18 bits per heavy atom. The molecule has 3 rings (SSSR count). The predicted molar refractivity (Wildman–Crippen MR) is 110 cm³/mol. The summed E-state index contributed by atoms with van der Waals surface area (Å²) >= 11 is 1.16. The Morgan fingerprint density at radius 2 is 1.89 bits per heavy atom. The number of aromatic nitrogens is 3. The number of hydrogen-bond acceptors (Lipinski definition) is 5. The van der Waals surface area contributed by atoms with Crippen LogP contribution in [-0.2, 0) is 10.2 Å². The lowest BCUT2D eigenvalue weighted by molar-refractivity contribution is -0.113. The van der Waals surface area contributed by atoms with Crippen LogP contribution in [-0.4, -0.2) is 26.5 Å². The van der Waals surface area contributed by atoms with Gasteiger partial charge >= 0.3 is 0 Å². The van der Waals surface area contributed by atoms with Gasteiger partial charge in [-0.3, -0.25) is 4.79 Å². The highest BCUT2D eigenvalue weighted by molar-refractivity contribution is 7.99. The van der Waals surface area contributed by atoms with Crippen LogP contribution in [0.4, 0.5) is 10.1 Å². The van der Waals surface area contributed by atoms with Crippen LogP contribution in [0.5, 0.6) is 0 Å². The van der Waals surface area contributed by atoms with Crippen molar-refractivity contribution in [2.45, 2.75) is 31.3 Å². The third-order valence-corrected chi connectivity index (χ3v) is 5.06. The molecule has 0 bridgehead atoms. The van der Waals surface area contributed by atoms with Crippen molar-refractivity contribution < 1.29 is 9.18 Å². The molecular weight excluding hydrogens is 377 g/mol. The second kappa shape index (κ2) is 8.02. The molecule has 2 aromatic carbocycles. The first kappa shape index (κ1) is 19.9. The molecule has 0 aliphatic heterocycles. The average molecular weight is 399 g/mol. The van der Waals surface area contributed by atoms with Crippen LogP contribution in [0.3, 0.4) is 0 Å². The number of thioether (sulfide) groups is 1. The Labute approximate surface area is 167 Å². The van der Waals surface area contributed by atoms with Crippen LogP contribution < -0.4 is 11.2 Å². The van der Waals surface area contributed by atoms with Gasteiger partial charge in [0, 0.05) is 11.3 Å². The minimum atomic E-state index is -0.383. The molecule has 8 heteroatoms. The van der Waals surface area contributed by atoms with E-state index in [0.29, 0.717) is 16.5 Å².